The van der Waals surface area contributed by atoms with Crippen molar-refractivity contribution in [2.45, 2.75) is 38.3 Å². The van der Waals surface area contributed by atoms with E-state index in [4.69, 9.17) is 15.2 Å². The number of methoxy groups -OCH3 is 1. The van der Waals surface area contributed by atoms with Crippen molar-refractivity contribution < 1.29 is 9.47 Å². The molecule has 1 aromatic rings. The lowest BCUT2D eigenvalue weighted by atomic mass is 9.99. The van der Waals surface area contributed by atoms with Crippen molar-refractivity contribution in [3.05, 3.63) is 17.7 Å². The van der Waals surface area contributed by atoms with Gasteiger partial charge in [0.05, 0.1) is 32.1 Å². The van der Waals surface area contributed by atoms with Gasteiger partial charge < -0.3 is 20.1 Å². The molecule has 6 nitrogen and oxygen atoms in total. The second-order valence-corrected chi connectivity index (χ2v) is 8.06. The Bertz CT molecular complexity index is 633. The molecule has 1 aromatic carbocycles. The van der Waals surface area contributed by atoms with E-state index in [1.807, 2.05) is 0 Å². The summed E-state index contributed by atoms with van der Waals surface area (Å²) >= 11 is 0. The monoisotopic (exact) mass is 374 g/mol. The fourth-order valence-corrected chi connectivity index (χ4v) is 4.76. The molecular weight excluding hydrogens is 340 g/mol. The molecule has 3 aliphatic rings. The quantitative estimate of drug-likeness (QED) is 0.794. The Morgan fingerprint density at radius 1 is 1.00 bits per heavy atom. The molecule has 0 unspecified atom stereocenters. The third-order valence-corrected chi connectivity index (χ3v) is 6.62. The molecule has 0 radical (unpaired) electrons. The summed E-state index contributed by atoms with van der Waals surface area (Å²) in [5, 5.41) is 0. The zero-order valence-corrected chi connectivity index (χ0v) is 16.8. The maximum Gasteiger partial charge on any atom is 0.143 e. The van der Waals surface area contributed by atoms with Gasteiger partial charge in [-0.25, -0.2) is 0 Å². The number of benzene rings is 1. The molecule has 150 valence electrons. The van der Waals surface area contributed by atoms with Gasteiger partial charge >= 0.3 is 0 Å². The van der Waals surface area contributed by atoms with Gasteiger partial charge in [0, 0.05) is 57.1 Å². The Hall–Kier alpha value is -1.50. The van der Waals surface area contributed by atoms with Crippen molar-refractivity contribution in [1.29, 1.82) is 0 Å². The molecule has 0 amide bonds. The highest BCUT2D eigenvalue weighted by molar-refractivity contribution is 5.67. The minimum atomic E-state index is 0.682. The normalized spacial score (nSPS) is 23.4. The Kier molecular flexibility index (Phi) is 5.76. The van der Waals surface area contributed by atoms with Gasteiger partial charge in [0.1, 0.15) is 5.75 Å². The lowest BCUT2D eigenvalue weighted by Gasteiger charge is -2.46. The first-order valence-electron chi connectivity index (χ1n) is 10.5. The molecule has 0 saturated carbocycles. The second-order valence-electron chi connectivity index (χ2n) is 8.06. The first-order chi connectivity index (χ1) is 13.2. The summed E-state index contributed by atoms with van der Waals surface area (Å²) in [6.07, 6.45) is 3.47. The number of nitrogens with two attached hydrogens (primary N) is 1. The van der Waals surface area contributed by atoms with E-state index in [1.165, 1.54) is 50.3 Å². The standard InChI is InChI=1S/C21H34N4O2/c1-3-16-12-19(22)21(26-2)13-20(16)25-6-4-17(5-7-25)23-8-10-24(11-9-23)18-14-27-15-18/h12-13,17-18H,3-11,14-15,22H2,1-2H3. The van der Waals surface area contributed by atoms with Crippen LogP contribution in [0.25, 0.3) is 0 Å². The Labute approximate surface area is 163 Å². The Morgan fingerprint density at radius 3 is 2.15 bits per heavy atom. The maximum atomic E-state index is 6.11. The molecule has 3 fully saturated rings. The highest BCUT2D eigenvalue weighted by Crippen LogP contribution is 2.34. The summed E-state index contributed by atoms with van der Waals surface area (Å²) in [5.41, 5.74) is 9.47. The third-order valence-electron chi connectivity index (χ3n) is 6.62. The molecule has 0 atom stereocenters. The van der Waals surface area contributed by atoms with Gasteiger partial charge in [-0.2, -0.15) is 0 Å². The van der Waals surface area contributed by atoms with Crippen LogP contribution in [0.1, 0.15) is 25.3 Å². The maximum absolute atomic E-state index is 6.11. The van der Waals surface area contributed by atoms with Gasteiger partial charge in [0.15, 0.2) is 0 Å². The summed E-state index contributed by atoms with van der Waals surface area (Å²) in [6, 6.07) is 5.63. The number of nitrogens with zero attached hydrogens (tertiary/aromatic N) is 3. The first-order valence-corrected chi connectivity index (χ1v) is 10.5. The number of hydrogen-bond donors (Lipinski definition) is 1. The van der Waals surface area contributed by atoms with E-state index in [-0.39, 0.29) is 0 Å². The van der Waals surface area contributed by atoms with Gasteiger partial charge in [0.25, 0.3) is 0 Å². The van der Waals surface area contributed by atoms with Crippen molar-refractivity contribution in [1.82, 2.24) is 9.80 Å². The molecule has 0 spiro atoms. The zero-order valence-electron chi connectivity index (χ0n) is 16.8. The Morgan fingerprint density at radius 2 is 1.63 bits per heavy atom. The molecule has 0 aromatic heterocycles. The molecule has 27 heavy (non-hydrogen) atoms. The first kappa shape index (κ1) is 18.8. The smallest absolute Gasteiger partial charge is 0.143 e. The van der Waals surface area contributed by atoms with Crippen LogP contribution in [0.5, 0.6) is 5.75 Å². The van der Waals surface area contributed by atoms with Crippen LogP contribution >= 0.6 is 0 Å². The number of ether oxygens (including phenoxy) is 2. The molecule has 0 bridgehead atoms. The third kappa shape index (κ3) is 3.89. The van der Waals surface area contributed by atoms with Crippen molar-refractivity contribution in [3.63, 3.8) is 0 Å². The average Bonchev–Trinajstić information content (AvgIpc) is 2.67. The molecule has 6 heteroatoms. The number of piperidine rings is 1. The van der Waals surface area contributed by atoms with Crippen LogP contribution in [0, 0.1) is 0 Å². The highest BCUT2D eigenvalue weighted by atomic mass is 16.5. The van der Waals surface area contributed by atoms with E-state index < -0.39 is 0 Å². The Balaban J connectivity index is 1.34. The minimum Gasteiger partial charge on any atom is -0.495 e. The second kappa shape index (κ2) is 8.25. The topological polar surface area (TPSA) is 54.2 Å². The van der Waals surface area contributed by atoms with E-state index in [0.29, 0.717) is 6.04 Å². The summed E-state index contributed by atoms with van der Waals surface area (Å²) in [4.78, 5) is 7.86. The predicted octanol–water partition coefficient (Wildman–Crippen LogP) is 1.83. The van der Waals surface area contributed by atoms with E-state index in [1.54, 1.807) is 7.11 Å². The average molecular weight is 375 g/mol. The lowest BCUT2D eigenvalue weighted by Crippen LogP contribution is -2.59. The van der Waals surface area contributed by atoms with Crippen molar-refractivity contribution >= 4 is 11.4 Å². The summed E-state index contributed by atoms with van der Waals surface area (Å²) in [7, 11) is 1.70. The van der Waals surface area contributed by atoms with Crippen LogP contribution in [0.4, 0.5) is 11.4 Å². The number of hydrogen-bond acceptors (Lipinski definition) is 6. The van der Waals surface area contributed by atoms with Crippen LogP contribution in [0.3, 0.4) is 0 Å². The number of anilines is 2. The van der Waals surface area contributed by atoms with Crippen LogP contribution < -0.4 is 15.4 Å². The van der Waals surface area contributed by atoms with Gasteiger partial charge in [-0.15, -0.1) is 0 Å². The van der Waals surface area contributed by atoms with Crippen LogP contribution in [0.15, 0.2) is 12.1 Å². The van der Waals surface area contributed by atoms with Gasteiger partial charge in [-0.05, 0) is 30.9 Å². The van der Waals surface area contributed by atoms with E-state index in [2.05, 4.69) is 33.8 Å². The van der Waals surface area contributed by atoms with Crippen LogP contribution in [-0.4, -0.2) is 81.5 Å². The van der Waals surface area contributed by atoms with E-state index in [0.717, 1.165) is 50.2 Å². The fraction of sp³-hybridized carbons (Fsp3) is 0.714. The summed E-state index contributed by atoms with van der Waals surface area (Å²) < 4.78 is 10.8. The number of nitrogen functional groups attached to an aromatic ring is 1. The van der Waals surface area contributed by atoms with Crippen LogP contribution in [-0.2, 0) is 11.2 Å². The molecule has 4 rings (SSSR count). The van der Waals surface area contributed by atoms with Gasteiger partial charge in [-0.3, -0.25) is 9.80 Å². The SMILES string of the molecule is CCc1cc(N)c(OC)cc1N1CCC(N2CCN(C3COC3)CC2)CC1. The highest BCUT2D eigenvalue weighted by Gasteiger charge is 2.32. The minimum absolute atomic E-state index is 0.682. The fourth-order valence-electron chi connectivity index (χ4n) is 4.76. The van der Waals surface area contributed by atoms with Crippen molar-refractivity contribution in [3.8, 4) is 5.75 Å². The summed E-state index contributed by atoms with van der Waals surface area (Å²) in [5.74, 6) is 0.792. The molecule has 3 saturated heterocycles. The van der Waals surface area contributed by atoms with Gasteiger partial charge in [0.2, 0.25) is 0 Å². The number of piperazine rings is 1. The van der Waals surface area contributed by atoms with E-state index >= 15 is 0 Å². The largest absolute Gasteiger partial charge is 0.495 e. The predicted molar refractivity (Wildman–Crippen MR) is 110 cm³/mol. The molecule has 3 heterocycles. The molecule has 2 N–H and O–H groups in total. The zero-order chi connectivity index (χ0) is 18.8. The molecule has 0 aliphatic carbocycles. The summed E-state index contributed by atoms with van der Waals surface area (Å²) in [6.45, 7) is 11.1. The van der Waals surface area contributed by atoms with E-state index in [9.17, 15) is 0 Å². The van der Waals surface area contributed by atoms with Crippen molar-refractivity contribution in [2.24, 2.45) is 0 Å². The lowest BCUT2D eigenvalue weighted by molar-refractivity contribution is -0.0803. The number of aryl methyl sites for hydroxylation is 1. The van der Waals surface area contributed by atoms with Crippen LogP contribution in [0.2, 0.25) is 0 Å². The molecule has 3 aliphatic heterocycles. The number of rotatable bonds is 5. The molecular formula is C21H34N4O2. The van der Waals surface area contributed by atoms with Crippen molar-refractivity contribution in [2.75, 3.05) is 70.2 Å². The van der Waals surface area contributed by atoms with Gasteiger partial charge in [-0.1, -0.05) is 6.92 Å².